The van der Waals surface area contributed by atoms with Gasteiger partial charge in [-0.3, -0.25) is 4.90 Å². The van der Waals surface area contributed by atoms with E-state index in [9.17, 15) is 4.39 Å². The second-order valence-corrected chi connectivity index (χ2v) is 6.22. The summed E-state index contributed by atoms with van der Waals surface area (Å²) in [5, 5.41) is 3.65. The molecular weight excluding hydrogens is 295 g/mol. The molecule has 2 heterocycles. The number of benzene rings is 1. The molecule has 4 heteroatoms. The topological polar surface area (TPSA) is 15.3 Å². The van der Waals surface area contributed by atoms with E-state index in [1.165, 1.54) is 19.3 Å². The summed E-state index contributed by atoms with van der Waals surface area (Å²) in [5.41, 5.74) is 0.787. The van der Waals surface area contributed by atoms with E-state index in [2.05, 4.69) is 26.1 Å². The Morgan fingerprint density at radius 1 is 1.28 bits per heavy atom. The molecule has 2 nitrogen and oxygen atoms in total. The molecule has 1 aromatic rings. The fourth-order valence-corrected chi connectivity index (χ4v) is 3.53. The quantitative estimate of drug-likeness (QED) is 0.903. The van der Waals surface area contributed by atoms with Gasteiger partial charge in [0.1, 0.15) is 5.82 Å². The molecule has 2 atom stereocenters. The van der Waals surface area contributed by atoms with E-state index in [0.29, 0.717) is 18.6 Å². The van der Waals surface area contributed by atoms with Crippen LogP contribution in [-0.2, 0) is 6.54 Å². The molecule has 98 valence electrons. The summed E-state index contributed by atoms with van der Waals surface area (Å²) >= 11 is 3.45. The van der Waals surface area contributed by atoms with Crippen LogP contribution in [0.1, 0.15) is 24.8 Å². The summed E-state index contributed by atoms with van der Waals surface area (Å²) in [5.74, 6) is -0.105. The number of nitrogens with zero attached hydrogens (tertiary/aromatic N) is 1. The Morgan fingerprint density at radius 3 is 2.94 bits per heavy atom. The molecule has 0 spiro atoms. The van der Waals surface area contributed by atoms with Gasteiger partial charge in [0.15, 0.2) is 0 Å². The van der Waals surface area contributed by atoms with Crippen molar-refractivity contribution >= 4 is 15.9 Å². The molecule has 1 N–H and O–H groups in total. The maximum Gasteiger partial charge on any atom is 0.128 e. The average molecular weight is 313 g/mol. The lowest BCUT2D eigenvalue weighted by molar-refractivity contribution is 0.247. The lowest BCUT2D eigenvalue weighted by atomic mass is 10.1. The second kappa shape index (κ2) is 5.27. The van der Waals surface area contributed by atoms with Crippen molar-refractivity contribution in [1.29, 1.82) is 0 Å². The first-order valence-corrected chi connectivity index (χ1v) is 7.43. The number of nitrogens with one attached hydrogen (secondary N) is 1. The van der Waals surface area contributed by atoms with Crippen molar-refractivity contribution in [2.75, 3.05) is 13.1 Å². The standard InChI is InChI=1S/C14H18BrFN2/c15-13-2-1-3-14(16)12(13)9-18-7-6-10-4-5-11(8-18)17-10/h1-3,10-11,17H,4-9H2. The number of rotatable bonds is 2. The van der Waals surface area contributed by atoms with Crippen LogP contribution in [0.25, 0.3) is 0 Å². The first-order valence-electron chi connectivity index (χ1n) is 6.63. The van der Waals surface area contributed by atoms with Gasteiger partial charge in [-0.05, 0) is 31.4 Å². The largest absolute Gasteiger partial charge is 0.310 e. The Morgan fingerprint density at radius 2 is 2.11 bits per heavy atom. The normalized spacial score (nSPS) is 28.3. The van der Waals surface area contributed by atoms with Gasteiger partial charge in [-0.1, -0.05) is 22.0 Å². The van der Waals surface area contributed by atoms with Gasteiger partial charge >= 0.3 is 0 Å². The van der Waals surface area contributed by atoms with Crippen molar-refractivity contribution < 1.29 is 4.39 Å². The van der Waals surface area contributed by atoms with Crippen LogP contribution in [0.2, 0.25) is 0 Å². The lowest BCUT2D eigenvalue weighted by Crippen LogP contribution is -2.35. The highest BCUT2D eigenvalue weighted by atomic mass is 79.9. The van der Waals surface area contributed by atoms with Crippen LogP contribution in [0.5, 0.6) is 0 Å². The van der Waals surface area contributed by atoms with Crippen molar-refractivity contribution in [3.63, 3.8) is 0 Å². The summed E-state index contributed by atoms with van der Waals surface area (Å²) < 4.78 is 14.7. The van der Waals surface area contributed by atoms with E-state index < -0.39 is 0 Å². The van der Waals surface area contributed by atoms with E-state index in [4.69, 9.17) is 0 Å². The van der Waals surface area contributed by atoms with Crippen LogP contribution in [0.4, 0.5) is 4.39 Å². The molecule has 2 aliphatic heterocycles. The molecule has 2 saturated heterocycles. The molecule has 2 unspecified atom stereocenters. The second-order valence-electron chi connectivity index (χ2n) is 5.36. The predicted octanol–water partition coefficient (Wildman–Crippen LogP) is 2.91. The Labute approximate surface area is 116 Å². The van der Waals surface area contributed by atoms with Crippen molar-refractivity contribution in [2.45, 2.75) is 37.9 Å². The molecule has 0 amide bonds. The van der Waals surface area contributed by atoms with Gasteiger partial charge in [0.25, 0.3) is 0 Å². The van der Waals surface area contributed by atoms with E-state index in [1.807, 2.05) is 6.07 Å². The van der Waals surface area contributed by atoms with Gasteiger partial charge in [0, 0.05) is 41.8 Å². The fourth-order valence-electron chi connectivity index (χ4n) is 3.07. The third kappa shape index (κ3) is 2.60. The van der Waals surface area contributed by atoms with Gasteiger partial charge in [-0.2, -0.15) is 0 Å². The van der Waals surface area contributed by atoms with Gasteiger partial charge in [0.2, 0.25) is 0 Å². The van der Waals surface area contributed by atoms with Crippen molar-refractivity contribution in [3.8, 4) is 0 Å². The molecule has 3 rings (SSSR count). The molecule has 0 aliphatic carbocycles. The molecule has 2 fully saturated rings. The van der Waals surface area contributed by atoms with Crippen LogP contribution in [0.15, 0.2) is 22.7 Å². The smallest absolute Gasteiger partial charge is 0.128 e. The first kappa shape index (κ1) is 12.6. The van der Waals surface area contributed by atoms with E-state index in [0.717, 1.165) is 23.1 Å². The molecule has 2 bridgehead atoms. The SMILES string of the molecule is Fc1cccc(Br)c1CN1CCC2CCC(C1)N2. The lowest BCUT2D eigenvalue weighted by Gasteiger charge is -2.24. The van der Waals surface area contributed by atoms with Crippen LogP contribution in [0, 0.1) is 5.82 Å². The zero-order chi connectivity index (χ0) is 12.5. The first-order chi connectivity index (χ1) is 8.72. The zero-order valence-electron chi connectivity index (χ0n) is 10.3. The van der Waals surface area contributed by atoms with Crippen LogP contribution < -0.4 is 5.32 Å². The van der Waals surface area contributed by atoms with Crippen molar-refractivity contribution in [1.82, 2.24) is 10.2 Å². The summed E-state index contributed by atoms with van der Waals surface area (Å²) in [6, 6.07) is 6.49. The highest BCUT2D eigenvalue weighted by Crippen LogP contribution is 2.25. The molecule has 0 saturated carbocycles. The summed E-state index contributed by atoms with van der Waals surface area (Å²) in [6.45, 7) is 2.81. The number of halogens is 2. The minimum absolute atomic E-state index is 0.105. The third-order valence-electron chi connectivity index (χ3n) is 4.05. The highest BCUT2D eigenvalue weighted by Gasteiger charge is 2.29. The maximum absolute atomic E-state index is 13.8. The Bertz CT molecular complexity index is 418. The number of fused-ring (bicyclic) bond motifs is 2. The number of hydrogen-bond acceptors (Lipinski definition) is 2. The molecular formula is C14H18BrFN2. The summed E-state index contributed by atoms with van der Waals surface area (Å²) in [6.07, 6.45) is 3.75. The summed E-state index contributed by atoms with van der Waals surface area (Å²) in [7, 11) is 0. The predicted molar refractivity (Wildman–Crippen MR) is 73.9 cm³/mol. The Kier molecular flexibility index (Phi) is 3.68. The van der Waals surface area contributed by atoms with E-state index >= 15 is 0 Å². The monoisotopic (exact) mass is 312 g/mol. The molecule has 0 aromatic heterocycles. The zero-order valence-corrected chi connectivity index (χ0v) is 11.9. The van der Waals surface area contributed by atoms with Gasteiger partial charge in [-0.15, -0.1) is 0 Å². The van der Waals surface area contributed by atoms with Crippen LogP contribution >= 0.6 is 15.9 Å². The minimum atomic E-state index is -0.105. The van der Waals surface area contributed by atoms with Gasteiger partial charge in [-0.25, -0.2) is 4.39 Å². The van der Waals surface area contributed by atoms with Crippen molar-refractivity contribution in [3.05, 3.63) is 34.1 Å². The number of likely N-dealkylation sites (tertiary alicyclic amines) is 1. The van der Waals surface area contributed by atoms with Crippen LogP contribution in [0.3, 0.4) is 0 Å². The Balaban J connectivity index is 1.72. The highest BCUT2D eigenvalue weighted by molar-refractivity contribution is 9.10. The van der Waals surface area contributed by atoms with E-state index in [1.54, 1.807) is 12.1 Å². The number of hydrogen-bond donors (Lipinski definition) is 1. The maximum atomic E-state index is 13.8. The third-order valence-corrected chi connectivity index (χ3v) is 4.79. The van der Waals surface area contributed by atoms with E-state index in [-0.39, 0.29) is 5.82 Å². The Hall–Kier alpha value is -0.450. The van der Waals surface area contributed by atoms with Gasteiger partial charge in [0.05, 0.1) is 0 Å². The fraction of sp³-hybridized carbons (Fsp3) is 0.571. The molecule has 2 aliphatic rings. The summed E-state index contributed by atoms with van der Waals surface area (Å²) in [4.78, 5) is 2.38. The minimum Gasteiger partial charge on any atom is -0.310 e. The molecule has 1 aromatic carbocycles. The molecule has 0 radical (unpaired) electrons. The van der Waals surface area contributed by atoms with Gasteiger partial charge < -0.3 is 5.32 Å². The molecule has 18 heavy (non-hydrogen) atoms. The van der Waals surface area contributed by atoms with Crippen LogP contribution in [-0.4, -0.2) is 30.1 Å². The average Bonchev–Trinajstić information content (AvgIpc) is 2.67. The van der Waals surface area contributed by atoms with Crippen molar-refractivity contribution in [2.24, 2.45) is 0 Å².